The molecule has 2 aromatic rings. The average Bonchev–Trinajstić information content (AvgIpc) is 2.91. The second-order valence-corrected chi connectivity index (χ2v) is 9.41. The minimum atomic E-state index is -1.40. The van der Waals surface area contributed by atoms with Gasteiger partial charge < -0.3 is 19.7 Å². The number of Topliss-reactive ketones (excluding diaryl/α,β-unsaturated/α-hetero) is 1. The molecule has 2 saturated heterocycles. The summed E-state index contributed by atoms with van der Waals surface area (Å²) in [5.41, 5.74) is 0.867. The molecule has 0 radical (unpaired) electrons. The maximum atomic E-state index is 13.4. The number of carbonyl (C=O) groups excluding carboxylic acids is 2. The summed E-state index contributed by atoms with van der Waals surface area (Å²) in [6.45, 7) is 10.9. The van der Waals surface area contributed by atoms with Gasteiger partial charge in [0.15, 0.2) is 11.2 Å². The first-order valence-corrected chi connectivity index (χ1v) is 12.2. The highest BCUT2D eigenvalue weighted by Crippen LogP contribution is 2.44. The standard InChI is InChI=1S/C28H35N3O4/c1-21-25(22-10-6-4-7-11-22)35-24(28(2,26(21)32)27(33)34-3)14-15-30-16-18-31(19-17-30)20-29-23-12-8-5-9-13-23/h4-13,24-25,29H,1,14-20H2,2-3H3/t24-,25-,28-/m1/s1. The van der Waals surface area contributed by atoms with E-state index in [-0.39, 0.29) is 5.78 Å². The summed E-state index contributed by atoms with van der Waals surface area (Å²) < 4.78 is 11.5. The molecule has 4 rings (SSSR count). The van der Waals surface area contributed by atoms with Crippen LogP contribution in [0.3, 0.4) is 0 Å². The lowest BCUT2D eigenvalue weighted by molar-refractivity contribution is -0.177. The van der Waals surface area contributed by atoms with Crippen molar-refractivity contribution in [1.29, 1.82) is 0 Å². The van der Waals surface area contributed by atoms with Crippen LogP contribution in [0.5, 0.6) is 0 Å². The summed E-state index contributed by atoms with van der Waals surface area (Å²) in [4.78, 5) is 31.0. The van der Waals surface area contributed by atoms with E-state index in [1.807, 2.05) is 48.5 Å². The first-order valence-electron chi connectivity index (χ1n) is 12.2. The molecule has 2 aliphatic heterocycles. The highest BCUT2D eigenvalue weighted by molar-refractivity contribution is 6.13. The third-order valence-corrected chi connectivity index (χ3v) is 7.19. The lowest BCUT2D eigenvalue weighted by Crippen LogP contribution is -2.55. The summed E-state index contributed by atoms with van der Waals surface area (Å²) in [5.74, 6) is -0.872. The van der Waals surface area contributed by atoms with E-state index in [1.54, 1.807) is 6.92 Å². The van der Waals surface area contributed by atoms with Crippen molar-refractivity contribution in [1.82, 2.24) is 9.80 Å². The quantitative estimate of drug-likeness (QED) is 0.354. The zero-order valence-electron chi connectivity index (χ0n) is 20.6. The molecule has 0 unspecified atom stereocenters. The summed E-state index contributed by atoms with van der Waals surface area (Å²) in [6.07, 6.45) is -0.612. The number of anilines is 1. The third-order valence-electron chi connectivity index (χ3n) is 7.19. The van der Waals surface area contributed by atoms with Gasteiger partial charge in [0.2, 0.25) is 0 Å². The lowest BCUT2D eigenvalue weighted by Gasteiger charge is -2.43. The van der Waals surface area contributed by atoms with Crippen LogP contribution >= 0.6 is 0 Å². The molecular formula is C28H35N3O4. The van der Waals surface area contributed by atoms with Gasteiger partial charge in [-0.3, -0.25) is 14.5 Å². The number of para-hydroxylation sites is 1. The van der Waals surface area contributed by atoms with E-state index in [4.69, 9.17) is 9.47 Å². The van der Waals surface area contributed by atoms with Crippen molar-refractivity contribution in [3.63, 3.8) is 0 Å². The Morgan fingerprint density at radius 2 is 1.66 bits per heavy atom. The number of carbonyl (C=O) groups is 2. The van der Waals surface area contributed by atoms with Gasteiger partial charge in [0.25, 0.3) is 0 Å². The van der Waals surface area contributed by atoms with Crippen LogP contribution in [-0.2, 0) is 19.1 Å². The summed E-state index contributed by atoms with van der Waals surface area (Å²) >= 11 is 0. The van der Waals surface area contributed by atoms with Gasteiger partial charge in [-0.25, -0.2) is 0 Å². The molecule has 35 heavy (non-hydrogen) atoms. The van der Waals surface area contributed by atoms with Gasteiger partial charge in [-0.2, -0.15) is 0 Å². The van der Waals surface area contributed by atoms with Crippen LogP contribution in [0, 0.1) is 5.41 Å². The molecule has 0 bridgehead atoms. The number of methoxy groups -OCH3 is 1. The largest absolute Gasteiger partial charge is 0.468 e. The van der Waals surface area contributed by atoms with Crippen molar-refractivity contribution < 1.29 is 19.1 Å². The van der Waals surface area contributed by atoms with Crippen LogP contribution < -0.4 is 5.32 Å². The molecule has 2 fully saturated rings. The molecular weight excluding hydrogens is 442 g/mol. The molecule has 0 aromatic heterocycles. The Morgan fingerprint density at radius 3 is 2.29 bits per heavy atom. The van der Waals surface area contributed by atoms with Crippen LogP contribution in [0.15, 0.2) is 72.8 Å². The van der Waals surface area contributed by atoms with Crippen molar-refractivity contribution in [3.05, 3.63) is 78.4 Å². The fourth-order valence-electron chi connectivity index (χ4n) is 4.91. The molecule has 0 aliphatic carbocycles. The molecule has 7 heteroatoms. The number of benzene rings is 2. The minimum absolute atomic E-state index is 0.292. The number of nitrogens with zero attached hydrogens (tertiary/aromatic N) is 2. The lowest BCUT2D eigenvalue weighted by atomic mass is 9.72. The number of piperazine rings is 1. The maximum Gasteiger partial charge on any atom is 0.322 e. The van der Waals surface area contributed by atoms with Crippen LogP contribution in [0.2, 0.25) is 0 Å². The SMILES string of the molecule is C=C1C(=O)[C@](C)(C(=O)OC)[C@@H](CCN2CCN(CNc3ccccc3)CC2)O[C@H]1c1ccccc1. The van der Waals surface area contributed by atoms with Crippen molar-refractivity contribution in [2.75, 3.05) is 51.8 Å². The van der Waals surface area contributed by atoms with Gasteiger partial charge in [-0.1, -0.05) is 55.1 Å². The second kappa shape index (κ2) is 11.2. The Labute approximate surface area is 207 Å². The monoisotopic (exact) mass is 477 g/mol. The number of nitrogens with one attached hydrogen (secondary N) is 1. The highest BCUT2D eigenvalue weighted by atomic mass is 16.5. The average molecular weight is 478 g/mol. The fourth-order valence-corrected chi connectivity index (χ4v) is 4.91. The molecule has 186 valence electrons. The molecule has 2 heterocycles. The fraction of sp³-hybridized carbons (Fsp3) is 0.429. The molecule has 1 N–H and O–H groups in total. The Hall–Kier alpha value is -3.00. The number of rotatable bonds is 8. The van der Waals surface area contributed by atoms with E-state index in [0.29, 0.717) is 12.0 Å². The van der Waals surface area contributed by atoms with E-state index >= 15 is 0 Å². The molecule has 0 amide bonds. The smallest absolute Gasteiger partial charge is 0.322 e. The number of esters is 1. The number of hydrogen-bond acceptors (Lipinski definition) is 7. The number of ether oxygens (including phenoxy) is 2. The summed E-state index contributed by atoms with van der Waals surface area (Å²) in [6, 6.07) is 19.8. The predicted molar refractivity (Wildman–Crippen MR) is 136 cm³/mol. The van der Waals surface area contributed by atoms with E-state index in [1.165, 1.54) is 7.11 Å². The molecule has 2 aliphatic rings. The zero-order valence-corrected chi connectivity index (χ0v) is 20.6. The summed E-state index contributed by atoms with van der Waals surface area (Å²) in [7, 11) is 1.31. The van der Waals surface area contributed by atoms with E-state index < -0.39 is 23.6 Å². The van der Waals surface area contributed by atoms with Crippen LogP contribution in [0.4, 0.5) is 5.69 Å². The minimum Gasteiger partial charge on any atom is -0.468 e. The van der Waals surface area contributed by atoms with E-state index in [0.717, 1.165) is 50.6 Å². The van der Waals surface area contributed by atoms with Gasteiger partial charge in [0.05, 0.1) is 19.9 Å². The van der Waals surface area contributed by atoms with E-state index in [9.17, 15) is 9.59 Å². The first-order chi connectivity index (χ1) is 16.9. The van der Waals surface area contributed by atoms with Crippen LogP contribution in [0.25, 0.3) is 0 Å². The number of ketones is 1. The van der Waals surface area contributed by atoms with Crippen LogP contribution in [-0.4, -0.2) is 74.2 Å². The Balaban J connectivity index is 1.37. The predicted octanol–water partition coefficient (Wildman–Crippen LogP) is 3.51. The van der Waals surface area contributed by atoms with Gasteiger partial charge in [0, 0.05) is 44.0 Å². The van der Waals surface area contributed by atoms with Crippen molar-refractivity contribution in [2.45, 2.75) is 25.6 Å². The van der Waals surface area contributed by atoms with Crippen molar-refractivity contribution in [3.8, 4) is 0 Å². The molecule has 0 saturated carbocycles. The Kier molecular flexibility index (Phi) is 8.00. The van der Waals surface area contributed by atoms with Crippen molar-refractivity contribution >= 4 is 17.4 Å². The Morgan fingerprint density at radius 1 is 1.06 bits per heavy atom. The maximum absolute atomic E-state index is 13.4. The molecule has 7 nitrogen and oxygen atoms in total. The second-order valence-electron chi connectivity index (χ2n) is 9.41. The van der Waals surface area contributed by atoms with Gasteiger partial charge in [0.1, 0.15) is 6.10 Å². The summed E-state index contributed by atoms with van der Waals surface area (Å²) in [5, 5.41) is 3.46. The van der Waals surface area contributed by atoms with E-state index in [2.05, 4.69) is 33.8 Å². The normalized spacial score (nSPS) is 25.9. The molecule has 3 atom stereocenters. The zero-order chi connectivity index (χ0) is 24.8. The van der Waals surface area contributed by atoms with Crippen molar-refractivity contribution in [2.24, 2.45) is 5.41 Å². The molecule has 0 spiro atoms. The van der Waals surface area contributed by atoms with Gasteiger partial charge >= 0.3 is 5.97 Å². The number of hydrogen-bond donors (Lipinski definition) is 1. The Bertz CT molecular complexity index is 1020. The topological polar surface area (TPSA) is 71.1 Å². The van der Waals surface area contributed by atoms with Gasteiger partial charge in [-0.05, 0) is 31.0 Å². The molecule has 2 aromatic carbocycles. The van der Waals surface area contributed by atoms with Gasteiger partial charge in [-0.15, -0.1) is 0 Å². The van der Waals surface area contributed by atoms with Crippen LogP contribution in [0.1, 0.15) is 25.0 Å². The first kappa shape index (κ1) is 25.1. The highest BCUT2D eigenvalue weighted by Gasteiger charge is 2.55. The third kappa shape index (κ3) is 5.48.